The highest BCUT2D eigenvalue weighted by molar-refractivity contribution is 9.10. The Morgan fingerprint density at radius 1 is 1.21 bits per heavy atom. The normalized spacial score (nSPS) is 9.62. The third kappa shape index (κ3) is 3.94. The number of hydrogen-bond acceptors (Lipinski definition) is 8. The highest BCUT2D eigenvalue weighted by Gasteiger charge is 2.27. The van der Waals surface area contributed by atoms with Gasteiger partial charge in [-0.2, -0.15) is 10.5 Å². The van der Waals surface area contributed by atoms with Crippen molar-refractivity contribution in [2.75, 3.05) is 23.3 Å². The van der Waals surface area contributed by atoms with Crippen LogP contribution in [-0.4, -0.2) is 28.0 Å². The lowest BCUT2D eigenvalue weighted by atomic mass is 10.3. The Morgan fingerprint density at radius 2 is 1.83 bits per heavy atom. The zero-order chi connectivity index (χ0) is 17.5. The van der Waals surface area contributed by atoms with Crippen molar-refractivity contribution in [3.63, 3.8) is 0 Å². The van der Waals surface area contributed by atoms with Crippen LogP contribution >= 0.6 is 15.9 Å². The Bertz CT molecular complexity index is 810. The first-order valence-electron chi connectivity index (χ1n) is 6.57. The predicted octanol–water partition coefficient (Wildman–Crippen LogP) is 2.74. The summed E-state index contributed by atoms with van der Waals surface area (Å²) in [6.45, 7) is -0.410. The van der Waals surface area contributed by atoms with Crippen LogP contribution in [0.15, 0.2) is 35.1 Å². The van der Waals surface area contributed by atoms with Crippen LogP contribution in [0, 0.1) is 32.8 Å². The first kappa shape index (κ1) is 17.1. The lowest BCUT2D eigenvalue weighted by Crippen LogP contribution is -2.26. The van der Waals surface area contributed by atoms with E-state index in [1.807, 2.05) is 12.1 Å². The first-order chi connectivity index (χ1) is 11.6. The number of rotatable bonds is 6. The van der Waals surface area contributed by atoms with Crippen LogP contribution in [0.4, 0.5) is 23.0 Å². The number of nitrogens with zero attached hydrogens (tertiary/aromatic N) is 6. The summed E-state index contributed by atoms with van der Waals surface area (Å²) < 4.78 is 0.861. The molecular weight excluding hydrogens is 378 g/mol. The van der Waals surface area contributed by atoms with E-state index >= 15 is 0 Å². The lowest BCUT2D eigenvalue weighted by Gasteiger charge is -2.17. The molecule has 0 unspecified atom stereocenters. The van der Waals surface area contributed by atoms with Crippen LogP contribution in [-0.2, 0) is 0 Å². The molecule has 1 heterocycles. The fourth-order valence-corrected chi connectivity index (χ4v) is 2.17. The zero-order valence-electron chi connectivity index (χ0n) is 12.2. The molecule has 2 rings (SSSR count). The van der Waals surface area contributed by atoms with Crippen molar-refractivity contribution in [1.82, 2.24) is 9.97 Å². The van der Waals surface area contributed by atoms with Gasteiger partial charge in [0.25, 0.3) is 0 Å². The fraction of sp³-hybridized carbons (Fsp3) is 0.143. The van der Waals surface area contributed by atoms with Gasteiger partial charge in [-0.05, 0) is 24.3 Å². The summed E-state index contributed by atoms with van der Waals surface area (Å²) in [4.78, 5) is 19.8. The summed E-state index contributed by atoms with van der Waals surface area (Å²) in [6.07, 6.45) is 1.14. The molecule has 2 aromatic rings. The third-order valence-corrected chi connectivity index (χ3v) is 3.44. The highest BCUT2D eigenvalue weighted by atomic mass is 79.9. The van der Waals surface area contributed by atoms with Gasteiger partial charge >= 0.3 is 5.69 Å². The van der Waals surface area contributed by atoms with Crippen LogP contribution in [0.25, 0.3) is 0 Å². The molecule has 0 saturated heterocycles. The summed E-state index contributed by atoms with van der Waals surface area (Å²) in [6, 6.07) is 10.7. The first-order valence-corrected chi connectivity index (χ1v) is 7.37. The van der Waals surface area contributed by atoms with Gasteiger partial charge in [0.05, 0.1) is 17.1 Å². The minimum Gasteiger partial charge on any atom is -0.334 e. The van der Waals surface area contributed by atoms with Gasteiger partial charge in [0, 0.05) is 10.2 Å². The molecule has 120 valence electrons. The number of hydrogen-bond donors (Lipinski definition) is 1. The maximum absolute atomic E-state index is 11.5. The molecule has 0 aliphatic rings. The van der Waals surface area contributed by atoms with E-state index in [0.717, 1.165) is 10.8 Å². The topological polar surface area (TPSA) is 132 Å². The summed E-state index contributed by atoms with van der Waals surface area (Å²) >= 11 is 3.30. The summed E-state index contributed by atoms with van der Waals surface area (Å²) in [5.41, 5.74) is 0.198. The zero-order valence-corrected chi connectivity index (χ0v) is 13.8. The molecule has 0 fully saturated rings. The minimum atomic E-state index is -0.641. The molecule has 1 aromatic carbocycles. The van der Waals surface area contributed by atoms with E-state index in [0.29, 0.717) is 5.69 Å². The van der Waals surface area contributed by atoms with Gasteiger partial charge in [-0.15, -0.1) is 0 Å². The minimum absolute atomic E-state index is 0.0202. The molecule has 1 N–H and O–H groups in total. The van der Waals surface area contributed by atoms with E-state index in [2.05, 4.69) is 31.2 Å². The highest BCUT2D eigenvalue weighted by Crippen LogP contribution is 2.33. The SMILES string of the molecule is N#CCN(CC#N)c1ncnc(Nc2ccc(Br)cc2)c1[N+](=O)[O-]. The van der Waals surface area contributed by atoms with Gasteiger partial charge in [0.15, 0.2) is 0 Å². The number of nitriles is 2. The van der Waals surface area contributed by atoms with Gasteiger partial charge in [-0.25, -0.2) is 9.97 Å². The smallest absolute Gasteiger partial charge is 0.334 e. The van der Waals surface area contributed by atoms with Crippen molar-refractivity contribution in [2.45, 2.75) is 0 Å². The van der Waals surface area contributed by atoms with Crippen molar-refractivity contribution in [3.05, 3.63) is 45.2 Å². The standard InChI is InChI=1S/C14H10BrN7O2/c15-10-1-3-11(4-2-10)20-13-12(22(23)24)14(19-9-18-13)21(7-5-16)8-6-17/h1-4,9H,7-8H2,(H,18,19,20). The van der Waals surface area contributed by atoms with Crippen molar-refractivity contribution < 1.29 is 4.92 Å². The van der Waals surface area contributed by atoms with Crippen LogP contribution in [0.2, 0.25) is 0 Å². The lowest BCUT2D eigenvalue weighted by molar-refractivity contribution is -0.383. The summed E-state index contributed by atoms with van der Waals surface area (Å²) in [5.74, 6) is -0.106. The van der Waals surface area contributed by atoms with Gasteiger partial charge in [0.2, 0.25) is 11.6 Å². The van der Waals surface area contributed by atoms with Crippen molar-refractivity contribution in [3.8, 4) is 12.1 Å². The molecule has 0 amide bonds. The fourth-order valence-electron chi connectivity index (χ4n) is 1.91. The molecule has 0 aliphatic carbocycles. The Hall–Kier alpha value is -3.24. The van der Waals surface area contributed by atoms with Crippen LogP contribution < -0.4 is 10.2 Å². The number of anilines is 3. The van der Waals surface area contributed by atoms with Crippen LogP contribution in [0.5, 0.6) is 0 Å². The molecule has 0 saturated carbocycles. The molecule has 9 nitrogen and oxygen atoms in total. The second kappa shape index (κ2) is 7.85. The van der Waals surface area contributed by atoms with E-state index < -0.39 is 10.6 Å². The van der Waals surface area contributed by atoms with Gasteiger partial charge in [-0.1, -0.05) is 15.9 Å². The van der Waals surface area contributed by atoms with Gasteiger partial charge in [-0.3, -0.25) is 10.1 Å². The molecule has 0 aliphatic heterocycles. The molecule has 10 heteroatoms. The predicted molar refractivity (Wildman–Crippen MR) is 89.6 cm³/mol. The summed E-state index contributed by atoms with van der Waals surface area (Å²) in [5, 5.41) is 32.0. The molecule has 24 heavy (non-hydrogen) atoms. The molecule has 0 atom stereocenters. The summed E-state index contributed by atoms with van der Waals surface area (Å²) in [7, 11) is 0. The van der Waals surface area contributed by atoms with Crippen molar-refractivity contribution in [1.29, 1.82) is 10.5 Å². The second-order valence-corrected chi connectivity index (χ2v) is 5.37. The average Bonchev–Trinajstić information content (AvgIpc) is 2.56. The number of benzene rings is 1. The Kier molecular flexibility index (Phi) is 5.60. The number of halogens is 1. The van der Waals surface area contributed by atoms with Gasteiger partial charge in [0.1, 0.15) is 19.4 Å². The maximum Gasteiger partial charge on any atom is 0.353 e. The van der Waals surface area contributed by atoms with Crippen molar-refractivity contribution >= 4 is 38.9 Å². The quantitative estimate of drug-likeness (QED) is 0.454. The molecule has 0 spiro atoms. The Morgan fingerprint density at radius 3 is 2.38 bits per heavy atom. The number of nitro groups is 1. The monoisotopic (exact) mass is 387 g/mol. The Labute approximate surface area is 145 Å². The Balaban J connectivity index is 2.47. The number of nitrogens with one attached hydrogen (secondary N) is 1. The molecule has 1 aromatic heterocycles. The van der Waals surface area contributed by atoms with E-state index in [1.54, 1.807) is 24.3 Å². The van der Waals surface area contributed by atoms with Crippen LogP contribution in [0.3, 0.4) is 0 Å². The van der Waals surface area contributed by atoms with E-state index in [1.165, 1.54) is 4.90 Å². The van der Waals surface area contributed by atoms with Crippen molar-refractivity contribution in [2.24, 2.45) is 0 Å². The number of aromatic nitrogens is 2. The van der Waals surface area contributed by atoms with E-state index in [-0.39, 0.29) is 24.7 Å². The van der Waals surface area contributed by atoms with Crippen LogP contribution in [0.1, 0.15) is 0 Å². The van der Waals surface area contributed by atoms with Gasteiger partial charge < -0.3 is 10.2 Å². The van der Waals surface area contributed by atoms with E-state index in [9.17, 15) is 10.1 Å². The molecule has 0 bridgehead atoms. The average molecular weight is 388 g/mol. The molecule has 0 radical (unpaired) electrons. The van der Waals surface area contributed by atoms with E-state index in [4.69, 9.17) is 10.5 Å². The third-order valence-electron chi connectivity index (χ3n) is 2.92. The molecular formula is C14H10BrN7O2. The second-order valence-electron chi connectivity index (χ2n) is 4.46. The largest absolute Gasteiger partial charge is 0.353 e. The maximum atomic E-state index is 11.5.